The quantitative estimate of drug-likeness (QED) is 0.793. The molecule has 0 aliphatic rings. The van der Waals surface area contributed by atoms with Gasteiger partial charge in [0.2, 0.25) is 11.8 Å². The molecule has 2 rings (SSSR count). The van der Waals surface area contributed by atoms with Crippen molar-refractivity contribution >= 4 is 11.8 Å². The minimum absolute atomic E-state index is 0.0854. The zero-order valence-corrected chi connectivity index (χ0v) is 15.6. The van der Waals surface area contributed by atoms with Crippen molar-refractivity contribution in [3.05, 3.63) is 65.7 Å². The number of carbonyl (C=O) groups excluding carboxylic acids is 2. The Bertz CT molecular complexity index is 731. The topological polar surface area (TPSA) is 58.6 Å². The Morgan fingerprint density at radius 1 is 1.08 bits per heavy atom. The number of hydrogen-bond donors (Lipinski definition) is 1. The molecular formula is C21H26N2O3. The molecule has 0 aromatic heterocycles. The Kier molecular flexibility index (Phi) is 7.21. The van der Waals surface area contributed by atoms with Crippen molar-refractivity contribution < 1.29 is 14.3 Å². The summed E-state index contributed by atoms with van der Waals surface area (Å²) in [6.45, 7) is 4.50. The smallest absolute Gasteiger partial charge is 0.242 e. The lowest BCUT2D eigenvalue weighted by molar-refractivity contribution is -0.140. The van der Waals surface area contributed by atoms with Crippen LogP contribution in [-0.4, -0.2) is 36.4 Å². The minimum atomic E-state index is -0.558. The number of carbonyl (C=O) groups is 2. The number of amides is 2. The number of hydrogen-bond acceptors (Lipinski definition) is 3. The lowest BCUT2D eigenvalue weighted by atomic mass is 10.1. The molecule has 0 spiro atoms. The molecule has 26 heavy (non-hydrogen) atoms. The van der Waals surface area contributed by atoms with E-state index in [1.807, 2.05) is 61.5 Å². The van der Waals surface area contributed by atoms with Crippen molar-refractivity contribution in [2.45, 2.75) is 32.9 Å². The Morgan fingerprint density at radius 3 is 2.42 bits per heavy atom. The van der Waals surface area contributed by atoms with Crippen molar-refractivity contribution in [1.29, 1.82) is 0 Å². The lowest BCUT2D eigenvalue weighted by Crippen LogP contribution is -2.48. The fraction of sp³-hybridized carbons (Fsp3) is 0.333. The zero-order valence-electron chi connectivity index (χ0n) is 15.6. The van der Waals surface area contributed by atoms with Crippen LogP contribution in [0.1, 0.15) is 25.0 Å². The van der Waals surface area contributed by atoms with Crippen molar-refractivity contribution in [1.82, 2.24) is 10.2 Å². The standard InChI is InChI=1S/C21H26N2O3/c1-4-22-21(25)16(2)23(15-18-11-8-12-19(13-18)26-3)20(24)14-17-9-6-5-7-10-17/h5-13,16H,4,14-15H2,1-3H3,(H,22,25)/t16-/m0/s1. The number of rotatable bonds is 8. The zero-order chi connectivity index (χ0) is 18.9. The maximum absolute atomic E-state index is 12.9. The van der Waals surface area contributed by atoms with E-state index in [0.717, 1.165) is 16.9 Å². The first kappa shape index (κ1) is 19.5. The molecule has 0 radical (unpaired) electrons. The summed E-state index contributed by atoms with van der Waals surface area (Å²) in [6.07, 6.45) is 0.258. The van der Waals surface area contributed by atoms with Crippen LogP contribution in [0, 0.1) is 0 Å². The van der Waals surface area contributed by atoms with E-state index in [1.54, 1.807) is 18.9 Å². The van der Waals surface area contributed by atoms with Crippen LogP contribution in [-0.2, 0) is 22.6 Å². The highest BCUT2D eigenvalue weighted by Gasteiger charge is 2.25. The number of nitrogens with zero attached hydrogens (tertiary/aromatic N) is 1. The van der Waals surface area contributed by atoms with Crippen LogP contribution in [0.25, 0.3) is 0 Å². The number of likely N-dealkylation sites (N-methyl/N-ethyl adjacent to an activating group) is 1. The second kappa shape index (κ2) is 9.61. The van der Waals surface area contributed by atoms with E-state index < -0.39 is 6.04 Å². The molecule has 0 aliphatic heterocycles. The van der Waals surface area contributed by atoms with Crippen LogP contribution >= 0.6 is 0 Å². The maximum atomic E-state index is 12.9. The van der Waals surface area contributed by atoms with Gasteiger partial charge in [0, 0.05) is 13.1 Å². The summed E-state index contributed by atoms with van der Waals surface area (Å²) in [7, 11) is 1.61. The van der Waals surface area contributed by atoms with Gasteiger partial charge in [0.15, 0.2) is 0 Å². The summed E-state index contributed by atoms with van der Waals surface area (Å²) >= 11 is 0. The molecule has 2 amide bonds. The molecule has 0 heterocycles. The average Bonchev–Trinajstić information content (AvgIpc) is 2.66. The first-order valence-electron chi connectivity index (χ1n) is 8.79. The van der Waals surface area contributed by atoms with E-state index >= 15 is 0 Å². The molecule has 5 nitrogen and oxygen atoms in total. The van der Waals surface area contributed by atoms with Gasteiger partial charge in [-0.2, -0.15) is 0 Å². The van der Waals surface area contributed by atoms with Gasteiger partial charge in [0.1, 0.15) is 11.8 Å². The summed E-state index contributed by atoms with van der Waals surface area (Å²) in [5.41, 5.74) is 1.85. The summed E-state index contributed by atoms with van der Waals surface area (Å²) in [5.74, 6) is 0.484. The lowest BCUT2D eigenvalue weighted by Gasteiger charge is -2.29. The third kappa shape index (κ3) is 5.34. The SMILES string of the molecule is CCNC(=O)[C@H](C)N(Cc1cccc(OC)c1)C(=O)Cc1ccccc1. The molecule has 0 fully saturated rings. The highest BCUT2D eigenvalue weighted by molar-refractivity contribution is 5.88. The molecule has 2 aromatic carbocycles. The van der Waals surface area contributed by atoms with E-state index in [2.05, 4.69) is 5.32 Å². The predicted molar refractivity (Wildman–Crippen MR) is 102 cm³/mol. The van der Waals surface area contributed by atoms with Crippen molar-refractivity contribution in [2.24, 2.45) is 0 Å². The largest absolute Gasteiger partial charge is 0.497 e. The summed E-state index contributed by atoms with van der Waals surface area (Å²) < 4.78 is 5.26. The Labute approximate surface area is 155 Å². The van der Waals surface area contributed by atoms with Gasteiger partial charge in [-0.25, -0.2) is 0 Å². The van der Waals surface area contributed by atoms with E-state index in [-0.39, 0.29) is 18.2 Å². The fourth-order valence-corrected chi connectivity index (χ4v) is 2.74. The first-order valence-corrected chi connectivity index (χ1v) is 8.79. The van der Waals surface area contributed by atoms with E-state index in [1.165, 1.54) is 0 Å². The minimum Gasteiger partial charge on any atom is -0.497 e. The molecule has 138 valence electrons. The molecule has 1 atom stereocenters. The average molecular weight is 354 g/mol. The molecule has 1 N–H and O–H groups in total. The third-order valence-corrected chi connectivity index (χ3v) is 4.20. The molecule has 0 saturated heterocycles. The highest BCUT2D eigenvalue weighted by Crippen LogP contribution is 2.17. The van der Waals surface area contributed by atoms with Crippen LogP contribution < -0.4 is 10.1 Å². The van der Waals surface area contributed by atoms with Gasteiger partial charge in [-0.1, -0.05) is 42.5 Å². The monoisotopic (exact) mass is 354 g/mol. The maximum Gasteiger partial charge on any atom is 0.242 e. The molecule has 0 aliphatic carbocycles. The summed E-state index contributed by atoms with van der Waals surface area (Å²) in [5, 5.41) is 2.80. The van der Waals surface area contributed by atoms with Gasteiger partial charge < -0.3 is 15.0 Å². The van der Waals surface area contributed by atoms with Crippen LogP contribution in [0.5, 0.6) is 5.75 Å². The molecule has 5 heteroatoms. The predicted octanol–water partition coefficient (Wildman–Crippen LogP) is 2.79. The molecule has 0 saturated carbocycles. The normalized spacial score (nSPS) is 11.5. The fourth-order valence-electron chi connectivity index (χ4n) is 2.74. The van der Waals surface area contributed by atoms with Crippen LogP contribution in [0.15, 0.2) is 54.6 Å². The van der Waals surface area contributed by atoms with Gasteiger partial charge in [0.05, 0.1) is 13.5 Å². The number of methoxy groups -OCH3 is 1. The second-order valence-corrected chi connectivity index (χ2v) is 6.11. The highest BCUT2D eigenvalue weighted by atomic mass is 16.5. The Balaban J connectivity index is 2.22. The van der Waals surface area contributed by atoms with Gasteiger partial charge in [-0.05, 0) is 37.1 Å². The number of ether oxygens (including phenoxy) is 1. The number of benzene rings is 2. The van der Waals surface area contributed by atoms with E-state index in [4.69, 9.17) is 4.74 Å². The van der Waals surface area contributed by atoms with E-state index in [9.17, 15) is 9.59 Å². The van der Waals surface area contributed by atoms with Crippen molar-refractivity contribution in [2.75, 3.05) is 13.7 Å². The van der Waals surface area contributed by atoms with Gasteiger partial charge in [-0.3, -0.25) is 9.59 Å². The Morgan fingerprint density at radius 2 is 1.77 bits per heavy atom. The molecule has 2 aromatic rings. The van der Waals surface area contributed by atoms with Crippen LogP contribution in [0.2, 0.25) is 0 Å². The summed E-state index contributed by atoms with van der Waals surface area (Å²) in [6, 6.07) is 16.5. The number of nitrogens with one attached hydrogen (secondary N) is 1. The van der Waals surface area contributed by atoms with E-state index in [0.29, 0.717) is 13.1 Å². The van der Waals surface area contributed by atoms with Crippen LogP contribution in [0.3, 0.4) is 0 Å². The third-order valence-electron chi connectivity index (χ3n) is 4.20. The van der Waals surface area contributed by atoms with Gasteiger partial charge >= 0.3 is 0 Å². The molecular weight excluding hydrogens is 328 g/mol. The molecule has 0 bridgehead atoms. The van der Waals surface area contributed by atoms with Crippen molar-refractivity contribution in [3.8, 4) is 5.75 Å². The second-order valence-electron chi connectivity index (χ2n) is 6.11. The van der Waals surface area contributed by atoms with Crippen LogP contribution in [0.4, 0.5) is 0 Å². The summed E-state index contributed by atoms with van der Waals surface area (Å²) in [4.78, 5) is 26.9. The van der Waals surface area contributed by atoms with Gasteiger partial charge in [0.25, 0.3) is 0 Å². The van der Waals surface area contributed by atoms with Crippen molar-refractivity contribution in [3.63, 3.8) is 0 Å². The first-order chi connectivity index (χ1) is 12.5. The Hall–Kier alpha value is -2.82. The molecule has 0 unspecified atom stereocenters. The van der Waals surface area contributed by atoms with Gasteiger partial charge in [-0.15, -0.1) is 0 Å².